The van der Waals surface area contributed by atoms with Gasteiger partial charge in [-0.25, -0.2) is 14.8 Å². The molecule has 164 valence electrons. The Morgan fingerprint density at radius 2 is 1.97 bits per heavy atom. The fraction of sp³-hybridized carbons (Fsp3) is 0.409. The first-order valence-electron chi connectivity index (χ1n) is 10.2. The molecule has 9 nitrogen and oxygen atoms in total. The summed E-state index contributed by atoms with van der Waals surface area (Å²) in [5, 5.41) is 2.95. The van der Waals surface area contributed by atoms with Gasteiger partial charge >= 0.3 is 6.03 Å². The second kappa shape index (κ2) is 9.22. The van der Waals surface area contributed by atoms with Crippen molar-refractivity contribution in [2.24, 2.45) is 0 Å². The van der Waals surface area contributed by atoms with Gasteiger partial charge in [0.1, 0.15) is 29.4 Å². The van der Waals surface area contributed by atoms with E-state index in [1.54, 1.807) is 45.7 Å². The van der Waals surface area contributed by atoms with Crippen LogP contribution in [-0.4, -0.2) is 59.9 Å². The van der Waals surface area contributed by atoms with E-state index in [0.717, 1.165) is 29.8 Å². The number of likely N-dealkylation sites (tertiary alicyclic amines) is 1. The van der Waals surface area contributed by atoms with Gasteiger partial charge in [-0.2, -0.15) is 0 Å². The lowest BCUT2D eigenvalue weighted by Crippen LogP contribution is -2.41. The van der Waals surface area contributed by atoms with E-state index < -0.39 is 0 Å². The van der Waals surface area contributed by atoms with Gasteiger partial charge in [0.25, 0.3) is 0 Å². The van der Waals surface area contributed by atoms with Crippen LogP contribution in [0, 0.1) is 0 Å². The number of rotatable bonds is 6. The Balaban J connectivity index is 1.45. The van der Waals surface area contributed by atoms with E-state index in [1.165, 1.54) is 0 Å². The molecule has 1 N–H and O–H groups in total. The zero-order valence-corrected chi connectivity index (χ0v) is 18.0. The minimum atomic E-state index is -0.146. The van der Waals surface area contributed by atoms with Crippen LogP contribution in [-0.2, 0) is 11.3 Å². The second-order valence-electron chi connectivity index (χ2n) is 7.39. The highest BCUT2D eigenvalue weighted by atomic mass is 16.5. The Bertz CT molecular complexity index is 1060. The monoisotopic (exact) mass is 425 g/mol. The van der Waals surface area contributed by atoms with Crippen LogP contribution in [0.2, 0.25) is 0 Å². The maximum Gasteiger partial charge on any atom is 0.321 e. The number of amides is 2. The molecule has 0 radical (unpaired) electrons. The first kappa shape index (κ1) is 20.9. The number of aromatic nitrogens is 3. The Hall–Kier alpha value is -3.33. The Labute approximate surface area is 180 Å². The largest absolute Gasteiger partial charge is 0.497 e. The molecule has 31 heavy (non-hydrogen) atoms. The molecule has 1 saturated heterocycles. The molecule has 1 fully saturated rings. The number of carbonyl (C=O) groups is 1. The van der Waals surface area contributed by atoms with Gasteiger partial charge in [0.15, 0.2) is 5.65 Å². The van der Waals surface area contributed by atoms with Crippen molar-refractivity contribution in [3.63, 3.8) is 0 Å². The number of carbonyl (C=O) groups excluding carboxylic acids is 1. The second-order valence-corrected chi connectivity index (χ2v) is 7.39. The molecule has 2 aromatic heterocycles. The van der Waals surface area contributed by atoms with E-state index >= 15 is 0 Å². The lowest BCUT2D eigenvalue weighted by molar-refractivity contribution is 0.162. The lowest BCUT2D eigenvalue weighted by Gasteiger charge is -2.33. The van der Waals surface area contributed by atoms with Crippen LogP contribution in [0.25, 0.3) is 11.2 Å². The van der Waals surface area contributed by atoms with Crippen molar-refractivity contribution < 1.29 is 19.0 Å². The van der Waals surface area contributed by atoms with Crippen LogP contribution in [0.5, 0.6) is 11.5 Å². The van der Waals surface area contributed by atoms with Crippen LogP contribution in [0.15, 0.2) is 36.5 Å². The standard InChI is InChI=1S/C22H27N5O4/c1-29-14-20-24-18-5-4-10-23-21(18)27(20)15-8-11-26(12-9-15)22(28)25-17-7-6-16(30-2)13-19(17)31-3/h4-7,10,13,15H,8-9,11-12,14H2,1-3H3,(H,25,28). The fourth-order valence-electron chi connectivity index (χ4n) is 4.01. The van der Waals surface area contributed by atoms with E-state index in [-0.39, 0.29) is 12.1 Å². The van der Waals surface area contributed by atoms with E-state index in [4.69, 9.17) is 14.2 Å². The zero-order chi connectivity index (χ0) is 21.8. The highest BCUT2D eigenvalue weighted by Gasteiger charge is 2.27. The smallest absolute Gasteiger partial charge is 0.321 e. The summed E-state index contributed by atoms with van der Waals surface area (Å²) in [5.74, 6) is 2.09. The van der Waals surface area contributed by atoms with Gasteiger partial charge in [-0.15, -0.1) is 0 Å². The van der Waals surface area contributed by atoms with Crippen molar-refractivity contribution >= 4 is 22.9 Å². The molecule has 1 aromatic carbocycles. The van der Waals surface area contributed by atoms with E-state index in [1.807, 2.05) is 17.0 Å². The van der Waals surface area contributed by atoms with Crippen LogP contribution in [0.3, 0.4) is 0 Å². The Kier molecular flexibility index (Phi) is 6.22. The molecule has 4 rings (SSSR count). The highest BCUT2D eigenvalue weighted by molar-refractivity contribution is 5.91. The molecule has 0 bridgehead atoms. The number of hydrogen-bond acceptors (Lipinski definition) is 6. The van der Waals surface area contributed by atoms with Crippen molar-refractivity contribution in [2.75, 3.05) is 39.7 Å². The number of imidazole rings is 1. The first-order valence-corrected chi connectivity index (χ1v) is 10.2. The third-order valence-electron chi connectivity index (χ3n) is 5.56. The van der Waals surface area contributed by atoms with Crippen LogP contribution in [0.4, 0.5) is 10.5 Å². The van der Waals surface area contributed by atoms with Gasteiger partial charge in [0.2, 0.25) is 0 Å². The number of nitrogens with one attached hydrogen (secondary N) is 1. The maximum absolute atomic E-state index is 12.8. The predicted molar refractivity (Wildman–Crippen MR) is 117 cm³/mol. The summed E-state index contributed by atoms with van der Waals surface area (Å²) in [7, 11) is 4.82. The van der Waals surface area contributed by atoms with Gasteiger partial charge < -0.3 is 29.0 Å². The average Bonchev–Trinajstić information content (AvgIpc) is 3.17. The molecular formula is C22H27N5O4. The molecule has 0 spiro atoms. The number of urea groups is 1. The van der Waals surface area contributed by atoms with Gasteiger partial charge in [-0.1, -0.05) is 0 Å². The molecule has 0 atom stereocenters. The number of ether oxygens (including phenoxy) is 3. The lowest BCUT2D eigenvalue weighted by atomic mass is 10.0. The zero-order valence-electron chi connectivity index (χ0n) is 18.0. The normalized spacial score (nSPS) is 14.6. The molecule has 3 heterocycles. The van der Waals surface area contributed by atoms with E-state index in [2.05, 4.69) is 19.9 Å². The summed E-state index contributed by atoms with van der Waals surface area (Å²) in [6, 6.07) is 9.23. The minimum absolute atomic E-state index is 0.146. The van der Waals surface area contributed by atoms with Crippen LogP contribution in [0.1, 0.15) is 24.7 Å². The first-order chi connectivity index (χ1) is 15.1. The van der Waals surface area contributed by atoms with Crippen molar-refractivity contribution in [1.29, 1.82) is 0 Å². The van der Waals surface area contributed by atoms with Crippen molar-refractivity contribution in [3.8, 4) is 11.5 Å². The summed E-state index contributed by atoms with van der Waals surface area (Å²) in [5.41, 5.74) is 2.34. The summed E-state index contributed by atoms with van der Waals surface area (Å²) in [6.45, 7) is 1.69. The predicted octanol–water partition coefficient (Wildman–Crippen LogP) is 3.46. The van der Waals surface area contributed by atoms with Crippen molar-refractivity contribution in [1.82, 2.24) is 19.4 Å². The third-order valence-corrected chi connectivity index (χ3v) is 5.56. The van der Waals surface area contributed by atoms with Crippen molar-refractivity contribution in [2.45, 2.75) is 25.5 Å². The topological polar surface area (TPSA) is 90.7 Å². The number of nitrogens with zero attached hydrogens (tertiary/aromatic N) is 4. The Morgan fingerprint density at radius 1 is 1.16 bits per heavy atom. The summed E-state index contributed by atoms with van der Waals surface area (Å²) < 4.78 is 18.1. The van der Waals surface area contributed by atoms with Gasteiger partial charge in [-0.05, 0) is 37.1 Å². The molecule has 0 saturated carbocycles. The molecule has 2 amide bonds. The van der Waals surface area contributed by atoms with Gasteiger partial charge in [0.05, 0.1) is 19.9 Å². The number of anilines is 1. The average molecular weight is 425 g/mol. The summed E-state index contributed by atoms with van der Waals surface area (Å²) in [6.07, 6.45) is 3.40. The number of piperidine rings is 1. The quantitative estimate of drug-likeness (QED) is 0.650. The number of fused-ring (bicyclic) bond motifs is 1. The summed E-state index contributed by atoms with van der Waals surface area (Å²) >= 11 is 0. The SMILES string of the molecule is COCc1nc2cccnc2n1C1CCN(C(=O)Nc2ccc(OC)cc2OC)CC1. The van der Waals surface area contributed by atoms with Gasteiger partial charge in [0, 0.05) is 38.5 Å². The van der Waals surface area contributed by atoms with Crippen LogP contribution < -0.4 is 14.8 Å². The summed E-state index contributed by atoms with van der Waals surface area (Å²) in [4.78, 5) is 23.9. The van der Waals surface area contributed by atoms with Crippen LogP contribution >= 0.6 is 0 Å². The molecule has 1 aliphatic rings. The molecule has 0 unspecified atom stereocenters. The highest BCUT2D eigenvalue weighted by Crippen LogP contribution is 2.31. The molecule has 1 aliphatic heterocycles. The Morgan fingerprint density at radius 3 is 2.68 bits per heavy atom. The number of hydrogen-bond donors (Lipinski definition) is 1. The molecule has 9 heteroatoms. The third kappa shape index (κ3) is 4.27. The van der Waals surface area contributed by atoms with Crippen molar-refractivity contribution in [3.05, 3.63) is 42.4 Å². The number of methoxy groups -OCH3 is 3. The fourth-order valence-corrected chi connectivity index (χ4v) is 4.01. The van der Waals surface area contributed by atoms with Gasteiger partial charge in [-0.3, -0.25) is 0 Å². The van der Waals surface area contributed by atoms with E-state index in [9.17, 15) is 4.79 Å². The molecular weight excluding hydrogens is 398 g/mol. The minimum Gasteiger partial charge on any atom is -0.497 e. The van der Waals surface area contributed by atoms with E-state index in [0.29, 0.717) is 36.9 Å². The number of benzene rings is 1. The molecule has 3 aromatic rings. The number of pyridine rings is 1. The molecule has 0 aliphatic carbocycles. The maximum atomic E-state index is 12.8.